The smallest absolute Gasteiger partial charge is 0.231 e. The van der Waals surface area contributed by atoms with E-state index >= 15 is 0 Å². The molecule has 3 rings (SSSR count). The van der Waals surface area contributed by atoms with Crippen molar-refractivity contribution in [3.05, 3.63) is 17.4 Å². The van der Waals surface area contributed by atoms with Gasteiger partial charge in [-0.3, -0.25) is 0 Å². The maximum atomic E-state index is 13.5. The zero-order valence-corrected chi connectivity index (χ0v) is 9.33. The maximum absolute atomic E-state index is 13.5. The first-order valence-corrected chi connectivity index (χ1v) is 5.76. The van der Waals surface area contributed by atoms with Crippen LogP contribution in [0.25, 0.3) is 0 Å². The summed E-state index contributed by atoms with van der Waals surface area (Å²) in [6, 6.07) is 1.17. The number of nitrogens with one attached hydrogen (secondary N) is 1. The molecular weight excluding hydrogens is 225 g/mol. The second-order valence-electron chi connectivity index (χ2n) is 4.48. The Hall–Kier alpha value is -1.49. The lowest BCUT2D eigenvalue weighted by molar-refractivity contribution is 0.173. The molecule has 0 aliphatic carbocycles. The van der Waals surface area contributed by atoms with Gasteiger partial charge in [-0.1, -0.05) is 0 Å². The van der Waals surface area contributed by atoms with Gasteiger partial charge >= 0.3 is 0 Å². The molecule has 0 radical (unpaired) electrons. The molecule has 0 saturated carbocycles. The van der Waals surface area contributed by atoms with Gasteiger partial charge in [-0.2, -0.15) is 0 Å². The van der Waals surface area contributed by atoms with Crippen molar-refractivity contribution < 1.29 is 19.0 Å². The van der Waals surface area contributed by atoms with Gasteiger partial charge in [0.15, 0.2) is 23.1 Å². The minimum atomic E-state index is -0.643. The van der Waals surface area contributed by atoms with E-state index in [1.807, 2.05) is 0 Å². The standard InChI is InChI=1S/C12H14FNO3/c13-9-4-10-12(17-6-16-10)8(11(9)15)3-7-1-2-14-5-7/h4,7,14-15H,1-3,5-6H2. The molecule has 4 nitrogen and oxygen atoms in total. The first-order valence-electron chi connectivity index (χ1n) is 5.76. The van der Waals surface area contributed by atoms with E-state index in [0.717, 1.165) is 19.5 Å². The second-order valence-corrected chi connectivity index (χ2v) is 4.48. The molecule has 0 amide bonds. The molecule has 1 atom stereocenters. The normalized spacial score (nSPS) is 22.1. The monoisotopic (exact) mass is 239 g/mol. The minimum absolute atomic E-state index is 0.0914. The summed E-state index contributed by atoms with van der Waals surface area (Å²) in [4.78, 5) is 0. The van der Waals surface area contributed by atoms with Gasteiger partial charge in [0.2, 0.25) is 6.79 Å². The van der Waals surface area contributed by atoms with Crippen LogP contribution in [0.3, 0.4) is 0 Å². The van der Waals surface area contributed by atoms with Gasteiger partial charge in [-0.15, -0.1) is 0 Å². The molecule has 92 valence electrons. The number of phenols is 1. The molecule has 1 aromatic carbocycles. The van der Waals surface area contributed by atoms with Crippen molar-refractivity contribution in [2.75, 3.05) is 19.9 Å². The molecule has 1 unspecified atom stereocenters. The number of halogens is 1. The zero-order chi connectivity index (χ0) is 11.8. The van der Waals surface area contributed by atoms with Gasteiger partial charge < -0.3 is 19.9 Å². The van der Waals surface area contributed by atoms with Gasteiger partial charge in [0.25, 0.3) is 0 Å². The summed E-state index contributed by atoms with van der Waals surface area (Å²) >= 11 is 0. The lowest BCUT2D eigenvalue weighted by atomic mass is 9.97. The Labute approximate surface area is 98.3 Å². The van der Waals surface area contributed by atoms with Crippen LogP contribution in [0.5, 0.6) is 17.2 Å². The largest absolute Gasteiger partial charge is 0.505 e. The van der Waals surface area contributed by atoms with Crippen molar-refractivity contribution in [3.8, 4) is 17.2 Å². The van der Waals surface area contributed by atoms with Crippen LogP contribution >= 0.6 is 0 Å². The van der Waals surface area contributed by atoms with Crippen LogP contribution in [-0.4, -0.2) is 25.0 Å². The molecule has 1 saturated heterocycles. The van der Waals surface area contributed by atoms with E-state index in [-0.39, 0.29) is 12.5 Å². The Balaban J connectivity index is 1.96. The number of fused-ring (bicyclic) bond motifs is 1. The maximum Gasteiger partial charge on any atom is 0.231 e. The van der Waals surface area contributed by atoms with Crippen LogP contribution in [0.2, 0.25) is 0 Å². The molecule has 2 N–H and O–H groups in total. The number of phenolic OH excluding ortho intramolecular Hbond substituents is 1. The fraction of sp³-hybridized carbons (Fsp3) is 0.500. The average molecular weight is 239 g/mol. The van der Waals surface area contributed by atoms with Crippen molar-refractivity contribution in [2.24, 2.45) is 5.92 Å². The molecule has 2 heterocycles. The third-order valence-electron chi connectivity index (χ3n) is 3.34. The predicted molar refractivity (Wildman–Crippen MR) is 58.9 cm³/mol. The summed E-state index contributed by atoms with van der Waals surface area (Å²) in [6.07, 6.45) is 1.65. The quantitative estimate of drug-likeness (QED) is 0.819. The number of hydrogen-bond acceptors (Lipinski definition) is 4. The summed E-state index contributed by atoms with van der Waals surface area (Å²) in [5.74, 6) is 0.351. The summed E-state index contributed by atoms with van der Waals surface area (Å²) in [7, 11) is 0. The third-order valence-corrected chi connectivity index (χ3v) is 3.34. The van der Waals surface area contributed by atoms with E-state index in [1.165, 1.54) is 6.07 Å². The highest BCUT2D eigenvalue weighted by molar-refractivity contribution is 5.55. The Morgan fingerprint density at radius 1 is 1.47 bits per heavy atom. The highest BCUT2D eigenvalue weighted by Crippen LogP contribution is 2.43. The molecular formula is C12H14FNO3. The van der Waals surface area contributed by atoms with Gasteiger partial charge in [0.1, 0.15) is 0 Å². The van der Waals surface area contributed by atoms with Gasteiger partial charge in [0.05, 0.1) is 0 Å². The second kappa shape index (κ2) is 4.07. The number of aromatic hydroxyl groups is 1. The number of rotatable bonds is 2. The van der Waals surface area contributed by atoms with Crippen molar-refractivity contribution in [1.82, 2.24) is 5.32 Å². The summed E-state index contributed by atoms with van der Waals surface area (Å²) in [6.45, 7) is 1.96. The van der Waals surface area contributed by atoms with E-state index < -0.39 is 5.82 Å². The Morgan fingerprint density at radius 3 is 3.12 bits per heavy atom. The van der Waals surface area contributed by atoms with Crippen LogP contribution in [0, 0.1) is 11.7 Å². The van der Waals surface area contributed by atoms with E-state index in [2.05, 4.69) is 5.32 Å². The zero-order valence-electron chi connectivity index (χ0n) is 9.33. The molecule has 2 aliphatic rings. The minimum Gasteiger partial charge on any atom is -0.505 e. The van der Waals surface area contributed by atoms with Gasteiger partial charge in [0, 0.05) is 11.6 Å². The first kappa shape index (κ1) is 10.7. The molecule has 1 fully saturated rings. The molecule has 5 heteroatoms. The molecule has 0 bridgehead atoms. The van der Waals surface area contributed by atoms with Crippen LogP contribution in [0.1, 0.15) is 12.0 Å². The van der Waals surface area contributed by atoms with Crippen molar-refractivity contribution >= 4 is 0 Å². The van der Waals surface area contributed by atoms with Crippen molar-refractivity contribution in [3.63, 3.8) is 0 Å². The first-order chi connectivity index (χ1) is 8.25. The van der Waals surface area contributed by atoms with Crippen LogP contribution < -0.4 is 14.8 Å². The van der Waals surface area contributed by atoms with Gasteiger partial charge in [-0.25, -0.2) is 4.39 Å². The van der Waals surface area contributed by atoms with Crippen LogP contribution in [0.4, 0.5) is 4.39 Å². The third kappa shape index (κ3) is 1.80. The summed E-state index contributed by atoms with van der Waals surface area (Å²) in [5.41, 5.74) is 0.534. The van der Waals surface area contributed by atoms with E-state index in [0.29, 0.717) is 29.4 Å². The summed E-state index contributed by atoms with van der Waals surface area (Å²) in [5, 5.41) is 13.0. The number of ether oxygens (including phenoxy) is 2. The van der Waals surface area contributed by atoms with Crippen LogP contribution in [-0.2, 0) is 6.42 Å². The molecule has 17 heavy (non-hydrogen) atoms. The Bertz CT molecular complexity index is 444. The molecule has 0 aromatic heterocycles. The predicted octanol–water partition coefficient (Wildman–Crippen LogP) is 1.41. The lowest BCUT2D eigenvalue weighted by Gasteiger charge is -2.12. The molecule has 2 aliphatic heterocycles. The fourth-order valence-electron chi connectivity index (χ4n) is 2.43. The summed E-state index contributed by atoms with van der Waals surface area (Å²) < 4.78 is 24.0. The van der Waals surface area contributed by atoms with E-state index in [1.54, 1.807) is 0 Å². The number of hydrogen-bond donors (Lipinski definition) is 2. The Kier molecular flexibility index (Phi) is 2.55. The SMILES string of the molecule is Oc1c(F)cc2c(c1CC1CCNC1)OCO2. The molecule has 0 spiro atoms. The molecule has 1 aromatic rings. The highest BCUT2D eigenvalue weighted by atomic mass is 19.1. The van der Waals surface area contributed by atoms with E-state index in [9.17, 15) is 9.50 Å². The van der Waals surface area contributed by atoms with Crippen LogP contribution in [0.15, 0.2) is 6.07 Å². The topological polar surface area (TPSA) is 50.7 Å². The van der Waals surface area contributed by atoms with Crippen molar-refractivity contribution in [2.45, 2.75) is 12.8 Å². The van der Waals surface area contributed by atoms with Gasteiger partial charge in [-0.05, 0) is 31.8 Å². The Morgan fingerprint density at radius 2 is 2.35 bits per heavy atom. The lowest BCUT2D eigenvalue weighted by Crippen LogP contribution is -2.11. The average Bonchev–Trinajstić information content (AvgIpc) is 2.94. The van der Waals surface area contributed by atoms with Crippen molar-refractivity contribution in [1.29, 1.82) is 0 Å². The fourth-order valence-corrected chi connectivity index (χ4v) is 2.43. The highest BCUT2D eigenvalue weighted by Gasteiger charge is 2.27. The number of benzene rings is 1. The van der Waals surface area contributed by atoms with E-state index in [4.69, 9.17) is 9.47 Å².